The van der Waals surface area contributed by atoms with E-state index in [0.29, 0.717) is 37.6 Å². The van der Waals surface area contributed by atoms with Crippen LogP contribution < -0.4 is 24.6 Å². The second-order valence-corrected chi connectivity index (χ2v) is 7.95. The van der Waals surface area contributed by atoms with Crippen LogP contribution in [-0.2, 0) is 9.59 Å². The van der Waals surface area contributed by atoms with Gasteiger partial charge >= 0.3 is 6.03 Å². The molecule has 1 atom stereocenters. The Morgan fingerprint density at radius 3 is 2.33 bits per heavy atom. The number of rotatable bonds is 7. The molecule has 0 unspecified atom stereocenters. The fraction of sp³-hybridized carbons (Fsp3) is 0.375. The minimum atomic E-state index is -0.710. The van der Waals surface area contributed by atoms with Crippen molar-refractivity contribution < 1.29 is 23.9 Å². The van der Waals surface area contributed by atoms with Gasteiger partial charge in [-0.2, -0.15) is 0 Å². The molecule has 0 radical (unpaired) electrons. The number of nitrogens with zero attached hydrogens (tertiary/aromatic N) is 3. The van der Waals surface area contributed by atoms with Crippen LogP contribution in [0.5, 0.6) is 11.5 Å². The van der Waals surface area contributed by atoms with Gasteiger partial charge in [-0.15, -0.1) is 0 Å². The molecule has 2 aromatic rings. The Morgan fingerprint density at radius 2 is 1.67 bits per heavy atom. The molecule has 0 saturated carbocycles. The zero-order valence-corrected chi connectivity index (χ0v) is 18.8. The third kappa shape index (κ3) is 4.72. The molecule has 9 nitrogen and oxygen atoms in total. The number of urea groups is 1. The first-order chi connectivity index (χ1) is 16.0. The number of anilines is 2. The number of para-hydroxylation sites is 2. The fourth-order valence-corrected chi connectivity index (χ4v) is 4.22. The van der Waals surface area contributed by atoms with Crippen molar-refractivity contribution in [3.05, 3.63) is 48.5 Å². The Morgan fingerprint density at radius 1 is 0.970 bits per heavy atom. The lowest BCUT2D eigenvalue weighted by Crippen LogP contribution is -2.49. The van der Waals surface area contributed by atoms with Crippen LogP contribution in [-0.4, -0.2) is 69.2 Å². The van der Waals surface area contributed by atoms with Crippen molar-refractivity contribution in [2.45, 2.75) is 18.9 Å². The number of hydrogen-bond donors (Lipinski definition) is 1. The van der Waals surface area contributed by atoms with Gasteiger partial charge in [0.1, 0.15) is 17.5 Å². The van der Waals surface area contributed by atoms with Gasteiger partial charge in [-0.1, -0.05) is 12.1 Å². The molecule has 0 aromatic heterocycles. The molecule has 4 rings (SSSR count). The molecule has 1 N–H and O–H groups in total. The maximum atomic E-state index is 12.8. The zero-order chi connectivity index (χ0) is 23.4. The van der Waals surface area contributed by atoms with Gasteiger partial charge in [-0.05, 0) is 42.8 Å². The first-order valence-corrected chi connectivity index (χ1v) is 11.0. The van der Waals surface area contributed by atoms with Crippen LogP contribution in [0.3, 0.4) is 0 Å². The van der Waals surface area contributed by atoms with E-state index in [9.17, 15) is 14.4 Å². The number of imide groups is 1. The summed E-state index contributed by atoms with van der Waals surface area (Å²) < 4.78 is 10.6. The molecular formula is C24H28N4O5. The molecule has 2 fully saturated rings. The largest absolute Gasteiger partial charge is 0.497 e. The molecule has 2 aromatic carbocycles. The van der Waals surface area contributed by atoms with E-state index in [0.717, 1.165) is 16.3 Å². The van der Waals surface area contributed by atoms with Gasteiger partial charge in [0.15, 0.2) is 0 Å². The second kappa shape index (κ2) is 9.81. The summed E-state index contributed by atoms with van der Waals surface area (Å²) in [7, 11) is 3.20. The Bertz CT molecular complexity index is 1020. The maximum Gasteiger partial charge on any atom is 0.329 e. The molecule has 0 spiro atoms. The molecule has 2 aliphatic rings. The average Bonchev–Trinajstić information content (AvgIpc) is 3.15. The van der Waals surface area contributed by atoms with Crippen molar-refractivity contribution in [1.82, 2.24) is 10.2 Å². The summed E-state index contributed by atoms with van der Waals surface area (Å²) in [4.78, 5) is 43.1. The fourth-order valence-electron chi connectivity index (χ4n) is 4.22. The van der Waals surface area contributed by atoms with E-state index in [2.05, 4.69) is 10.2 Å². The molecule has 2 saturated heterocycles. The zero-order valence-electron chi connectivity index (χ0n) is 18.8. The van der Waals surface area contributed by atoms with Crippen LogP contribution in [0.25, 0.3) is 0 Å². The first-order valence-electron chi connectivity index (χ1n) is 11.0. The Labute approximate surface area is 192 Å². The van der Waals surface area contributed by atoms with Crippen LogP contribution in [0.1, 0.15) is 12.8 Å². The van der Waals surface area contributed by atoms with E-state index in [1.165, 1.54) is 0 Å². The average molecular weight is 453 g/mol. The number of carbonyl (C=O) groups is 3. The van der Waals surface area contributed by atoms with Crippen molar-refractivity contribution >= 4 is 29.2 Å². The van der Waals surface area contributed by atoms with Crippen LogP contribution in [0, 0.1) is 0 Å². The summed E-state index contributed by atoms with van der Waals surface area (Å²) in [6.07, 6.45) is 0.463. The van der Waals surface area contributed by atoms with Crippen LogP contribution >= 0.6 is 0 Å². The van der Waals surface area contributed by atoms with Crippen LogP contribution in [0.4, 0.5) is 16.2 Å². The summed E-state index contributed by atoms with van der Waals surface area (Å²) in [5.74, 6) is 1.09. The topological polar surface area (TPSA) is 91.4 Å². The standard InChI is InChI=1S/C24H28N4O5/c1-32-18-9-7-17(8-10-18)28-23(30)19(25-24(28)31)11-12-22(29)27-15-13-26(14-16-27)20-5-3-4-6-21(20)33-2/h3-10,19H,11-16H2,1-2H3,(H,25,31)/t19-/m1/s1. The Hall–Kier alpha value is -3.75. The summed E-state index contributed by atoms with van der Waals surface area (Å²) >= 11 is 0. The van der Waals surface area contributed by atoms with Crippen molar-refractivity contribution in [2.75, 3.05) is 50.2 Å². The number of nitrogens with one attached hydrogen (secondary N) is 1. The molecule has 0 bridgehead atoms. The first kappa shape index (κ1) is 22.4. The lowest BCUT2D eigenvalue weighted by Gasteiger charge is -2.36. The number of piperazine rings is 1. The smallest absolute Gasteiger partial charge is 0.329 e. The van der Waals surface area contributed by atoms with E-state index < -0.39 is 12.1 Å². The molecule has 0 aliphatic carbocycles. The van der Waals surface area contributed by atoms with Gasteiger partial charge in [0.05, 0.1) is 25.6 Å². The van der Waals surface area contributed by atoms with Crippen molar-refractivity contribution in [1.29, 1.82) is 0 Å². The quantitative estimate of drug-likeness (QED) is 0.648. The summed E-state index contributed by atoms with van der Waals surface area (Å²) in [5, 5.41) is 2.69. The summed E-state index contributed by atoms with van der Waals surface area (Å²) in [6.45, 7) is 2.60. The van der Waals surface area contributed by atoms with Gasteiger partial charge in [0.25, 0.3) is 5.91 Å². The minimum absolute atomic E-state index is 0.0142. The van der Waals surface area contributed by atoms with E-state index in [-0.39, 0.29) is 24.7 Å². The monoisotopic (exact) mass is 452 g/mol. The van der Waals surface area contributed by atoms with Gasteiger partial charge < -0.3 is 24.6 Å². The highest BCUT2D eigenvalue weighted by Gasteiger charge is 2.39. The van der Waals surface area contributed by atoms with Gasteiger partial charge in [0.2, 0.25) is 5.91 Å². The van der Waals surface area contributed by atoms with Gasteiger partial charge in [-0.3, -0.25) is 9.59 Å². The molecule has 9 heteroatoms. The second-order valence-electron chi connectivity index (χ2n) is 7.95. The lowest BCUT2D eigenvalue weighted by atomic mass is 10.1. The minimum Gasteiger partial charge on any atom is -0.497 e. The highest BCUT2D eigenvalue weighted by molar-refractivity contribution is 6.21. The van der Waals surface area contributed by atoms with E-state index >= 15 is 0 Å². The van der Waals surface area contributed by atoms with Gasteiger partial charge in [-0.25, -0.2) is 9.69 Å². The number of methoxy groups -OCH3 is 2. The molecule has 4 amide bonds. The SMILES string of the molecule is COc1ccc(N2C(=O)N[C@H](CCC(=O)N3CCN(c4ccccc4OC)CC3)C2=O)cc1. The van der Waals surface area contributed by atoms with Crippen LogP contribution in [0.15, 0.2) is 48.5 Å². The molecular weight excluding hydrogens is 424 g/mol. The van der Waals surface area contributed by atoms with Crippen molar-refractivity contribution in [3.63, 3.8) is 0 Å². The number of ether oxygens (including phenoxy) is 2. The summed E-state index contributed by atoms with van der Waals surface area (Å²) in [5.41, 5.74) is 1.49. The number of amides is 4. The van der Waals surface area contributed by atoms with Crippen LogP contribution in [0.2, 0.25) is 0 Å². The third-order valence-electron chi connectivity index (χ3n) is 6.06. The highest BCUT2D eigenvalue weighted by atomic mass is 16.5. The predicted molar refractivity (Wildman–Crippen MR) is 124 cm³/mol. The maximum absolute atomic E-state index is 12.8. The summed E-state index contributed by atoms with van der Waals surface area (Å²) in [6, 6.07) is 13.4. The van der Waals surface area contributed by atoms with E-state index in [1.807, 2.05) is 29.2 Å². The number of carbonyl (C=O) groups excluding carboxylic acids is 3. The lowest BCUT2D eigenvalue weighted by molar-refractivity contribution is -0.131. The normalized spacial score (nSPS) is 18.4. The van der Waals surface area contributed by atoms with E-state index in [1.54, 1.807) is 38.5 Å². The highest BCUT2D eigenvalue weighted by Crippen LogP contribution is 2.28. The molecule has 2 heterocycles. The Kier molecular flexibility index (Phi) is 6.67. The number of hydrogen-bond acceptors (Lipinski definition) is 6. The molecule has 174 valence electrons. The van der Waals surface area contributed by atoms with Crippen molar-refractivity contribution in [3.8, 4) is 11.5 Å². The molecule has 2 aliphatic heterocycles. The van der Waals surface area contributed by atoms with E-state index in [4.69, 9.17) is 9.47 Å². The van der Waals surface area contributed by atoms with Gasteiger partial charge in [0, 0.05) is 32.6 Å². The van der Waals surface area contributed by atoms with Crippen molar-refractivity contribution in [2.24, 2.45) is 0 Å². The predicted octanol–water partition coefficient (Wildman–Crippen LogP) is 2.26. The third-order valence-corrected chi connectivity index (χ3v) is 6.06. The number of benzene rings is 2. The molecule has 33 heavy (non-hydrogen) atoms. The Balaban J connectivity index is 1.29.